The van der Waals surface area contributed by atoms with Crippen LogP contribution in [0.3, 0.4) is 0 Å². The van der Waals surface area contributed by atoms with Gasteiger partial charge in [-0.15, -0.1) is 0 Å². The quantitative estimate of drug-likeness (QED) is 0.272. The normalized spacial score (nSPS) is 10.5. The summed E-state index contributed by atoms with van der Waals surface area (Å²) >= 11 is 0. The molecular weight excluding hydrogens is 432 g/mol. The zero-order chi connectivity index (χ0) is 24.3. The molecule has 3 aromatic carbocycles. The molecule has 8 nitrogen and oxygen atoms in total. The van der Waals surface area contributed by atoms with Crippen LogP contribution in [0, 0.1) is 6.92 Å². The first-order valence-corrected chi connectivity index (χ1v) is 10.8. The van der Waals surface area contributed by atoms with Crippen LogP contribution < -0.4 is 20.8 Å². The molecule has 0 unspecified atom stereocenters. The summed E-state index contributed by atoms with van der Waals surface area (Å²) in [7, 11) is 0. The molecule has 0 atom stereocenters. The van der Waals surface area contributed by atoms with Gasteiger partial charge in [0.05, 0.1) is 6.21 Å². The molecule has 0 heterocycles. The molecule has 3 aromatic rings. The van der Waals surface area contributed by atoms with Crippen molar-refractivity contribution >= 4 is 35.3 Å². The van der Waals surface area contributed by atoms with Crippen LogP contribution >= 0.6 is 0 Å². The van der Waals surface area contributed by atoms with Crippen molar-refractivity contribution in [2.75, 3.05) is 17.2 Å². The highest BCUT2D eigenvalue weighted by molar-refractivity contribution is 6.39. The maximum Gasteiger partial charge on any atom is 0.329 e. The van der Waals surface area contributed by atoms with E-state index in [-0.39, 0.29) is 12.5 Å². The molecule has 0 saturated carbocycles. The van der Waals surface area contributed by atoms with Gasteiger partial charge in [-0.3, -0.25) is 14.4 Å². The monoisotopic (exact) mass is 458 g/mol. The first kappa shape index (κ1) is 24.2. The second-order valence-corrected chi connectivity index (χ2v) is 7.44. The summed E-state index contributed by atoms with van der Waals surface area (Å²) in [5.41, 5.74) is 6.13. The average Bonchev–Trinajstić information content (AvgIpc) is 2.85. The van der Waals surface area contributed by atoms with Crippen LogP contribution in [0.2, 0.25) is 0 Å². The molecule has 3 rings (SSSR count). The Hall–Kier alpha value is -4.46. The molecule has 0 fully saturated rings. The van der Waals surface area contributed by atoms with Crippen molar-refractivity contribution in [2.45, 2.75) is 20.3 Å². The Bertz CT molecular complexity index is 1170. The molecule has 3 amide bonds. The van der Waals surface area contributed by atoms with Crippen molar-refractivity contribution < 1.29 is 19.1 Å². The molecular formula is C26H26N4O4. The fourth-order valence-corrected chi connectivity index (χ4v) is 2.92. The second kappa shape index (κ2) is 12.0. The fraction of sp³-hybridized carbons (Fsp3) is 0.154. The SMILES string of the molecule is CCc1ccc(NC(=O)COc2ccccc2/C=N\NC(=O)C(=O)Nc2ccc(C)cc2)cc1. The van der Waals surface area contributed by atoms with Crippen LogP contribution in [-0.4, -0.2) is 30.5 Å². The van der Waals surface area contributed by atoms with E-state index >= 15 is 0 Å². The molecule has 0 aliphatic carbocycles. The average molecular weight is 459 g/mol. The number of anilines is 2. The van der Waals surface area contributed by atoms with Gasteiger partial charge in [0.1, 0.15) is 5.75 Å². The zero-order valence-corrected chi connectivity index (χ0v) is 19.0. The number of ether oxygens (including phenoxy) is 1. The van der Waals surface area contributed by atoms with Crippen LogP contribution in [0.4, 0.5) is 11.4 Å². The minimum atomic E-state index is -0.913. The van der Waals surface area contributed by atoms with E-state index in [1.165, 1.54) is 11.8 Å². The van der Waals surface area contributed by atoms with E-state index in [0.717, 1.165) is 12.0 Å². The summed E-state index contributed by atoms with van der Waals surface area (Å²) in [5, 5.41) is 9.10. The predicted molar refractivity (Wildman–Crippen MR) is 132 cm³/mol. The summed E-state index contributed by atoms with van der Waals surface area (Å²) in [6.45, 7) is 3.78. The summed E-state index contributed by atoms with van der Waals surface area (Å²) in [6.07, 6.45) is 2.27. The van der Waals surface area contributed by atoms with Crippen molar-refractivity contribution in [3.05, 3.63) is 89.5 Å². The number of amides is 3. The van der Waals surface area contributed by atoms with Crippen molar-refractivity contribution in [1.29, 1.82) is 0 Å². The number of hydrogen-bond acceptors (Lipinski definition) is 5. The van der Waals surface area contributed by atoms with Crippen molar-refractivity contribution in [1.82, 2.24) is 5.43 Å². The van der Waals surface area contributed by atoms with Gasteiger partial charge in [0.25, 0.3) is 5.91 Å². The molecule has 174 valence electrons. The van der Waals surface area contributed by atoms with E-state index in [4.69, 9.17) is 4.74 Å². The van der Waals surface area contributed by atoms with Crippen LogP contribution in [0.25, 0.3) is 0 Å². The molecule has 0 aromatic heterocycles. The van der Waals surface area contributed by atoms with Gasteiger partial charge in [-0.1, -0.05) is 48.9 Å². The van der Waals surface area contributed by atoms with Crippen LogP contribution in [0.15, 0.2) is 77.9 Å². The van der Waals surface area contributed by atoms with Crippen LogP contribution in [-0.2, 0) is 20.8 Å². The zero-order valence-electron chi connectivity index (χ0n) is 19.0. The number of benzene rings is 3. The number of hydrogen-bond donors (Lipinski definition) is 3. The highest BCUT2D eigenvalue weighted by Crippen LogP contribution is 2.16. The maximum absolute atomic E-state index is 12.2. The Morgan fingerprint density at radius 2 is 1.50 bits per heavy atom. The highest BCUT2D eigenvalue weighted by Gasteiger charge is 2.13. The van der Waals surface area contributed by atoms with Crippen LogP contribution in [0.5, 0.6) is 5.75 Å². The van der Waals surface area contributed by atoms with Gasteiger partial charge in [0, 0.05) is 16.9 Å². The van der Waals surface area contributed by atoms with Gasteiger partial charge in [0.15, 0.2) is 6.61 Å². The summed E-state index contributed by atoms with van der Waals surface area (Å²) < 4.78 is 5.61. The Morgan fingerprint density at radius 1 is 0.853 bits per heavy atom. The Morgan fingerprint density at radius 3 is 2.21 bits per heavy atom. The van der Waals surface area contributed by atoms with Crippen molar-refractivity contribution in [3.8, 4) is 5.75 Å². The first-order chi connectivity index (χ1) is 16.4. The summed E-state index contributed by atoms with van der Waals surface area (Å²) in [5.74, 6) is -1.66. The third-order valence-corrected chi connectivity index (χ3v) is 4.81. The van der Waals surface area contributed by atoms with Gasteiger partial charge in [-0.25, -0.2) is 5.43 Å². The molecule has 0 radical (unpaired) electrons. The number of nitrogens with one attached hydrogen (secondary N) is 3. The Kier molecular flexibility index (Phi) is 8.51. The fourth-order valence-electron chi connectivity index (χ4n) is 2.92. The van der Waals surface area contributed by atoms with Gasteiger partial charge in [-0.2, -0.15) is 5.10 Å². The number of carbonyl (C=O) groups is 3. The highest BCUT2D eigenvalue weighted by atomic mass is 16.5. The van der Waals surface area contributed by atoms with E-state index in [0.29, 0.717) is 22.7 Å². The molecule has 0 saturated heterocycles. The summed E-state index contributed by atoms with van der Waals surface area (Å²) in [4.78, 5) is 36.2. The van der Waals surface area contributed by atoms with E-state index in [9.17, 15) is 14.4 Å². The lowest BCUT2D eigenvalue weighted by molar-refractivity contribution is -0.136. The standard InChI is InChI=1S/C26H26N4O4/c1-3-19-10-14-21(15-11-19)28-24(31)17-34-23-7-5-4-6-20(23)16-27-30-26(33)25(32)29-22-12-8-18(2)9-13-22/h4-16H,3,17H2,1-2H3,(H,28,31)(H,29,32)(H,30,33)/b27-16-. The van der Waals surface area contributed by atoms with Gasteiger partial charge < -0.3 is 15.4 Å². The molecule has 0 bridgehead atoms. The van der Waals surface area contributed by atoms with Gasteiger partial charge in [0.2, 0.25) is 0 Å². The first-order valence-electron chi connectivity index (χ1n) is 10.8. The second-order valence-electron chi connectivity index (χ2n) is 7.44. The van der Waals surface area contributed by atoms with Crippen molar-refractivity contribution in [3.63, 3.8) is 0 Å². The van der Waals surface area contributed by atoms with Crippen LogP contribution in [0.1, 0.15) is 23.6 Å². The molecule has 34 heavy (non-hydrogen) atoms. The summed E-state index contributed by atoms with van der Waals surface area (Å²) in [6, 6.07) is 21.5. The molecule has 8 heteroatoms. The number of nitrogens with zero attached hydrogens (tertiary/aromatic N) is 1. The predicted octanol–water partition coefficient (Wildman–Crippen LogP) is 3.66. The van der Waals surface area contributed by atoms with E-state index in [2.05, 4.69) is 28.1 Å². The third kappa shape index (κ3) is 7.30. The molecule has 0 spiro atoms. The minimum Gasteiger partial charge on any atom is -0.483 e. The maximum atomic E-state index is 12.2. The lowest BCUT2D eigenvalue weighted by Gasteiger charge is -2.10. The largest absolute Gasteiger partial charge is 0.483 e. The Balaban J connectivity index is 1.51. The third-order valence-electron chi connectivity index (χ3n) is 4.81. The van der Waals surface area contributed by atoms with Gasteiger partial charge >= 0.3 is 11.8 Å². The smallest absolute Gasteiger partial charge is 0.329 e. The topological polar surface area (TPSA) is 109 Å². The van der Waals surface area contributed by atoms with Gasteiger partial charge in [-0.05, 0) is 55.3 Å². The molecule has 3 N–H and O–H groups in total. The molecule has 0 aliphatic heterocycles. The number of aryl methyl sites for hydroxylation is 2. The number of para-hydroxylation sites is 1. The van der Waals surface area contributed by atoms with E-state index in [1.807, 2.05) is 43.3 Å². The lowest BCUT2D eigenvalue weighted by Crippen LogP contribution is -2.32. The lowest BCUT2D eigenvalue weighted by atomic mass is 10.1. The Labute approximate surface area is 198 Å². The minimum absolute atomic E-state index is 0.203. The number of carbonyl (C=O) groups excluding carboxylic acids is 3. The number of hydrazone groups is 1. The number of rotatable bonds is 8. The van der Waals surface area contributed by atoms with E-state index in [1.54, 1.807) is 36.4 Å². The molecule has 0 aliphatic rings. The van der Waals surface area contributed by atoms with Crippen molar-refractivity contribution in [2.24, 2.45) is 5.10 Å². The van der Waals surface area contributed by atoms with E-state index < -0.39 is 11.8 Å².